The van der Waals surface area contributed by atoms with Gasteiger partial charge < -0.3 is 20.2 Å². The average molecular weight is 565 g/mol. The second-order valence-corrected chi connectivity index (χ2v) is 11.1. The maximum Gasteiger partial charge on any atom is 0.309 e. The lowest BCUT2D eigenvalue weighted by Crippen LogP contribution is -2.48. The van der Waals surface area contributed by atoms with Crippen LogP contribution in [0.4, 0.5) is 14.8 Å². The minimum Gasteiger partial charge on any atom is -0.428 e. The van der Waals surface area contributed by atoms with Crippen LogP contribution in [-0.2, 0) is 29.4 Å². The number of hydrogen-bond acceptors (Lipinski definition) is 7. The maximum absolute atomic E-state index is 13.8. The number of nitrogens with one attached hydrogen (secondary N) is 3. The summed E-state index contributed by atoms with van der Waals surface area (Å²) in [5, 5.41) is 16.8. The topological polar surface area (TPSA) is 134 Å². The van der Waals surface area contributed by atoms with Crippen LogP contribution >= 0.6 is 0 Å². The van der Waals surface area contributed by atoms with Gasteiger partial charge in [0.05, 0.1) is 17.9 Å². The van der Waals surface area contributed by atoms with Crippen LogP contribution in [0.2, 0.25) is 0 Å². The molecule has 0 radical (unpaired) electrons. The fourth-order valence-electron chi connectivity index (χ4n) is 4.07. The normalized spacial score (nSPS) is 13.2. The first-order valence-corrected chi connectivity index (χ1v) is 14.3. The lowest BCUT2D eigenvalue weighted by Gasteiger charge is -2.24. The Hall–Kier alpha value is -3.35. The Kier molecular flexibility index (Phi) is 10.6. The fraction of sp³-hybridized carbons (Fsp3) is 0.407. The number of amides is 1. The molecule has 12 heteroatoms. The largest absolute Gasteiger partial charge is 0.428 e. The smallest absolute Gasteiger partial charge is 0.309 e. The standard InChI is InChI=1S/C27H34F2N4O5S/c1-4-9-39(36,37)33-27-32-25(17(3)38-27)26(35)31-23(13-20-11-21(28)14-22(29)12-20)24(34)16-30-15-19-8-6-7-18(5-2)10-19/h6-8,10-12,14,23-24,30,34H,4-5,9,13,15-16H2,1-3H3,(H,31,35)(H,32,33)/t23-,24+/m0/s1. The molecule has 3 aromatic rings. The molecule has 2 aromatic carbocycles. The molecular formula is C27H34F2N4O5S. The van der Waals surface area contributed by atoms with Crippen molar-refractivity contribution in [1.29, 1.82) is 0 Å². The van der Waals surface area contributed by atoms with E-state index in [1.165, 1.54) is 12.5 Å². The minimum absolute atomic E-state index is 0.0562. The summed E-state index contributed by atoms with van der Waals surface area (Å²) in [6.45, 7) is 5.73. The number of carbonyl (C=O) groups is 1. The lowest BCUT2D eigenvalue weighted by molar-refractivity contribution is 0.0824. The molecule has 0 saturated heterocycles. The summed E-state index contributed by atoms with van der Waals surface area (Å²) in [6.07, 6.45) is 0.0320. The van der Waals surface area contributed by atoms with Crippen LogP contribution in [0.1, 0.15) is 53.2 Å². The van der Waals surface area contributed by atoms with Crippen molar-refractivity contribution in [3.05, 3.63) is 82.2 Å². The number of oxazole rings is 1. The molecule has 9 nitrogen and oxygen atoms in total. The van der Waals surface area contributed by atoms with Gasteiger partial charge in [-0.15, -0.1) is 0 Å². The molecule has 0 aliphatic rings. The minimum atomic E-state index is -3.69. The number of carbonyl (C=O) groups excluding carboxylic acids is 1. The molecule has 0 bridgehead atoms. The van der Waals surface area contributed by atoms with E-state index in [2.05, 4.69) is 27.3 Å². The van der Waals surface area contributed by atoms with Crippen molar-refractivity contribution < 1.29 is 31.5 Å². The Labute approximate surface area is 227 Å². The van der Waals surface area contributed by atoms with Crippen molar-refractivity contribution in [3.63, 3.8) is 0 Å². The van der Waals surface area contributed by atoms with E-state index in [-0.39, 0.29) is 41.8 Å². The first-order valence-electron chi connectivity index (χ1n) is 12.7. The van der Waals surface area contributed by atoms with Gasteiger partial charge >= 0.3 is 6.01 Å². The molecule has 0 saturated carbocycles. The molecule has 1 amide bonds. The number of aliphatic hydroxyl groups excluding tert-OH is 1. The number of aliphatic hydroxyl groups is 1. The monoisotopic (exact) mass is 564 g/mol. The van der Waals surface area contributed by atoms with Crippen LogP contribution in [0.5, 0.6) is 0 Å². The molecule has 39 heavy (non-hydrogen) atoms. The van der Waals surface area contributed by atoms with Crippen molar-refractivity contribution in [2.45, 2.75) is 58.7 Å². The number of rotatable bonds is 14. The predicted octanol–water partition coefficient (Wildman–Crippen LogP) is 3.47. The van der Waals surface area contributed by atoms with Gasteiger partial charge in [-0.1, -0.05) is 38.1 Å². The molecular weight excluding hydrogens is 530 g/mol. The Morgan fingerprint density at radius 3 is 2.44 bits per heavy atom. The Morgan fingerprint density at radius 1 is 1.08 bits per heavy atom. The van der Waals surface area contributed by atoms with Crippen molar-refractivity contribution in [2.24, 2.45) is 0 Å². The van der Waals surface area contributed by atoms with Crippen LogP contribution in [0, 0.1) is 18.6 Å². The van der Waals surface area contributed by atoms with Gasteiger partial charge in [-0.05, 0) is 55.0 Å². The summed E-state index contributed by atoms with van der Waals surface area (Å²) in [4.78, 5) is 17.0. The summed E-state index contributed by atoms with van der Waals surface area (Å²) < 4.78 is 59.2. The second-order valence-electron chi connectivity index (χ2n) is 9.28. The van der Waals surface area contributed by atoms with Crippen LogP contribution in [0.15, 0.2) is 46.9 Å². The number of halogens is 2. The zero-order valence-corrected chi connectivity index (χ0v) is 22.9. The summed E-state index contributed by atoms with van der Waals surface area (Å²) in [5.41, 5.74) is 2.24. The van der Waals surface area contributed by atoms with E-state index in [0.717, 1.165) is 30.2 Å². The van der Waals surface area contributed by atoms with Crippen LogP contribution < -0.4 is 15.4 Å². The van der Waals surface area contributed by atoms with E-state index < -0.39 is 39.7 Å². The maximum atomic E-state index is 13.8. The SMILES string of the molecule is CCCS(=O)(=O)Nc1nc(C(=O)N[C@@H](Cc2cc(F)cc(F)c2)[C@H](O)CNCc2cccc(CC)c2)c(C)o1. The van der Waals surface area contributed by atoms with Gasteiger partial charge in [0.25, 0.3) is 5.91 Å². The van der Waals surface area contributed by atoms with E-state index in [0.29, 0.717) is 13.0 Å². The van der Waals surface area contributed by atoms with E-state index in [1.807, 2.05) is 24.3 Å². The molecule has 212 valence electrons. The van der Waals surface area contributed by atoms with E-state index >= 15 is 0 Å². The van der Waals surface area contributed by atoms with Gasteiger partial charge in [0.1, 0.15) is 17.4 Å². The molecule has 3 rings (SSSR count). The summed E-state index contributed by atoms with van der Waals surface area (Å²) in [6, 6.07) is 9.64. The van der Waals surface area contributed by atoms with E-state index in [4.69, 9.17) is 4.42 Å². The average Bonchev–Trinajstić information content (AvgIpc) is 3.22. The molecule has 1 heterocycles. The summed E-state index contributed by atoms with van der Waals surface area (Å²) >= 11 is 0. The predicted molar refractivity (Wildman–Crippen MR) is 144 cm³/mol. The van der Waals surface area contributed by atoms with Gasteiger partial charge in [0.15, 0.2) is 5.69 Å². The zero-order chi connectivity index (χ0) is 28.6. The number of nitrogens with zero attached hydrogens (tertiary/aromatic N) is 1. The number of aryl methyl sites for hydroxylation is 2. The Bertz CT molecular complexity index is 1360. The Balaban J connectivity index is 1.75. The van der Waals surface area contributed by atoms with Gasteiger partial charge in [-0.25, -0.2) is 21.9 Å². The first-order chi connectivity index (χ1) is 18.5. The lowest BCUT2D eigenvalue weighted by atomic mass is 10.00. The van der Waals surface area contributed by atoms with Gasteiger partial charge in [0, 0.05) is 19.2 Å². The fourth-order valence-corrected chi connectivity index (χ4v) is 5.07. The Morgan fingerprint density at radius 2 is 1.77 bits per heavy atom. The number of aromatic nitrogens is 1. The molecule has 0 fully saturated rings. The molecule has 0 spiro atoms. The molecule has 1 aromatic heterocycles. The molecule has 2 atom stereocenters. The number of benzene rings is 2. The third kappa shape index (κ3) is 9.12. The molecule has 4 N–H and O–H groups in total. The number of hydrogen-bond donors (Lipinski definition) is 4. The van der Waals surface area contributed by atoms with Gasteiger partial charge in [-0.3, -0.25) is 4.79 Å². The quantitative estimate of drug-likeness (QED) is 0.236. The van der Waals surface area contributed by atoms with Crippen molar-refractivity contribution in [3.8, 4) is 0 Å². The third-order valence-electron chi connectivity index (χ3n) is 5.97. The van der Waals surface area contributed by atoms with E-state index in [9.17, 15) is 27.1 Å². The highest BCUT2D eigenvalue weighted by Gasteiger charge is 2.26. The van der Waals surface area contributed by atoms with Gasteiger partial charge in [0.2, 0.25) is 10.0 Å². The molecule has 0 aliphatic carbocycles. The molecule has 0 unspecified atom stereocenters. The molecule has 0 aliphatic heterocycles. The number of sulfonamides is 1. The zero-order valence-electron chi connectivity index (χ0n) is 22.1. The highest BCUT2D eigenvalue weighted by Crippen LogP contribution is 2.17. The second kappa shape index (κ2) is 13.6. The van der Waals surface area contributed by atoms with Crippen LogP contribution in [0.25, 0.3) is 0 Å². The van der Waals surface area contributed by atoms with Crippen molar-refractivity contribution in [2.75, 3.05) is 17.0 Å². The highest BCUT2D eigenvalue weighted by molar-refractivity contribution is 7.92. The van der Waals surface area contributed by atoms with Crippen molar-refractivity contribution >= 4 is 21.9 Å². The number of anilines is 1. The highest BCUT2D eigenvalue weighted by atomic mass is 32.2. The summed E-state index contributed by atoms with van der Waals surface area (Å²) in [5.74, 6) is -2.40. The summed E-state index contributed by atoms with van der Waals surface area (Å²) in [7, 11) is -3.69. The van der Waals surface area contributed by atoms with Gasteiger partial charge in [-0.2, -0.15) is 4.98 Å². The van der Waals surface area contributed by atoms with Crippen LogP contribution in [0.3, 0.4) is 0 Å². The first kappa shape index (κ1) is 30.2. The third-order valence-corrected chi connectivity index (χ3v) is 7.40. The van der Waals surface area contributed by atoms with E-state index in [1.54, 1.807) is 6.92 Å². The van der Waals surface area contributed by atoms with Crippen LogP contribution in [-0.4, -0.2) is 48.9 Å². The van der Waals surface area contributed by atoms with Crippen molar-refractivity contribution in [1.82, 2.24) is 15.6 Å².